The minimum Gasteiger partial charge on any atom is -0.320 e. The molecule has 1 saturated heterocycles. The van der Waals surface area contributed by atoms with E-state index in [1.54, 1.807) is 0 Å². The summed E-state index contributed by atoms with van der Waals surface area (Å²) in [5.41, 5.74) is 7.82. The molecule has 0 aromatic heterocycles. The molecule has 0 bridgehead atoms. The van der Waals surface area contributed by atoms with Gasteiger partial charge in [-0.3, -0.25) is 4.90 Å². The Balaban J connectivity index is 1.99. The van der Waals surface area contributed by atoms with Crippen molar-refractivity contribution in [1.82, 2.24) is 4.90 Å². The van der Waals surface area contributed by atoms with Crippen LogP contribution in [0.25, 0.3) is 0 Å². The van der Waals surface area contributed by atoms with Crippen LogP contribution in [0.5, 0.6) is 0 Å². The quantitative estimate of drug-likeness (QED) is 0.824. The Morgan fingerprint density at radius 1 is 1.28 bits per heavy atom. The fourth-order valence-electron chi connectivity index (χ4n) is 2.11. The largest absolute Gasteiger partial charge is 0.320 e. The van der Waals surface area contributed by atoms with Crippen LogP contribution in [0.4, 0.5) is 0 Å². The van der Waals surface area contributed by atoms with Crippen LogP contribution in [0.3, 0.4) is 0 Å². The third-order valence-electron chi connectivity index (χ3n) is 2.98. The maximum absolute atomic E-state index is 5.40. The topological polar surface area (TPSA) is 29.3 Å². The molecule has 2 nitrogen and oxygen atoms in total. The molecule has 0 spiro atoms. The molecule has 0 aliphatic carbocycles. The van der Waals surface area contributed by atoms with Gasteiger partial charge in [-0.05, 0) is 36.4 Å². The van der Waals surface area contributed by atoms with Gasteiger partial charge < -0.3 is 5.73 Å². The summed E-state index contributed by atoms with van der Waals surface area (Å²) < 4.78 is 0. The Bertz CT molecular complexity index is 426. The van der Waals surface area contributed by atoms with E-state index in [0.29, 0.717) is 6.54 Å². The van der Waals surface area contributed by atoms with Crippen LogP contribution in [0.2, 0.25) is 0 Å². The third-order valence-corrected chi connectivity index (χ3v) is 4.03. The van der Waals surface area contributed by atoms with E-state index < -0.39 is 0 Å². The summed E-state index contributed by atoms with van der Waals surface area (Å²) in [5, 5.41) is 0. The van der Waals surface area contributed by atoms with Crippen molar-refractivity contribution >= 4 is 11.8 Å². The first kappa shape index (κ1) is 13.5. The number of hydrogen-bond donors (Lipinski definition) is 1. The number of nitrogens with zero attached hydrogens (tertiary/aromatic N) is 1. The highest BCUT2D eigenvalue weighted by Gasteiger charge is 2.09. The van der Waals surface area contributed by atoms with E-state index in [9.17, 15) is 0 Å². The van der Waals surface area contributed by atoms with Gasteiger partial charge in [0.1, 0.15) is 0 Å². The maximum Gasteiger partial charge on any atom is 0.0555 e. The minimum atomic E-state index is 0.424. The molecule has 96 valence electrons. The van der Waals surface area contributed by atoms with Gasteiger partial charge >= 0.3 is 0 Å². The van der Waals surface area contributed by atoms with Gasteiger partial charge in [0.2, 0.25) is 0 Å². The highest BCUT2D eigenvalue weighted by Crippen LogP contribution is 2.13. The van der Waals surface area contributed by atoms with Crippen LogP contribution in [-0.4, -0.2) is 36.0 Å². The summed E-state index contributed by atoms with van der Waals surface area (Å²) >= 11 is 2.07. The van der Waals surface area contributed by atoms with Crippen molar-refractivity contribution in [1.29, 1.82) is 0 Å². The molecule has 1 aliphatic heterocycles. The van der Waals surface area contributed by atoms with Gasteiger partial charge in [-0.25, -0.2) is 0 Å². The molecule has 1 aromatic carbocycles. The lowest BCUT2D eigenvalue weighted by atomic mass is 10.1. The Morgan fingerprint density at radius 2 is 2.22 bits per heavy atom. The molecule has 0 radical (unpaired) electrons. The Kier molecular flexibility index (Phi) is 5.60. The Morgan fingerprint density at radius 3 is 3.11 bits per heavy atom. The number of benzene rings is 1. The highest BCUT2D eigenvalue weighted by atomic mass is 32.2. The Labute approximate surface area is 114 Å². The van der Waals surface area contributed by atoms with Gasteiger partial charge in [0, 0.05) is 24.4 Å². The minimum absolute atomic E-state index is 0.424. The zero-order chi connectivity index (χ0) is 12.6. The molecular weight excluding hydrogens is 240 g/mol. The van der Waals surface area contributed by atoms with Crippen molar-refractivity contribution in [2.45, 2.75) is 13.0 Å². The van der Waals surface area contributed by atoms with Crippen LogP contribution >= 0.6 is 11.8 Å². The molecule has 18 heavy (non-hydrogen) atoms. The second kappa shape index (κ2) is 7.48. The number of nitrogens with two attached hydrogens (primary N) is 1. The van der Waals surface area contributed by atoms with E-state index in [4.69, 9.17) is 5.73 Å². The molecule has 3 heteroatoms. The lowest BCUT2D eigenvalue weighted by molar-refractivity contribution is 0.287. The van der Waals surface area contributed by atoms with E-state index in [-0.39, 0.29) is 0 Å². The van der Waals surface area contributed by atoms with Crippen LogP contribution in [0.1, 0.15) is 17.5 Å². The number of hydrogen-bond acceptors (Lipinski definition) is 3. The standard InChI is InChI=1S/C15H20N2S/c16-7-2-6-14-4-1-5-15(12-14)13-17-8-3-10-18-11-9-17/h1,4-5,12H,3,7-11,13,16H2. The molecule has 1 heterocycles. The maximum atomic E-state index is 5.40. The first-order valence-electron chi connectivity index (χ1n) is 6.46. The van der Waals surface area contributed by atoms with Crippen LogP contribution in [0.15, 0.2) is 24.3 Å². The van der Waals surface area contributed by atoms with Gasteiger partial charge in [-0.15, -0.1) is 0 Å². The predicted molar refractivity (Wildman–Crippen MR) is 79.6 cm³/mol. The predicted octanol–water partition coefficient (Wildman–Crippen LogP) is 1.94. The van der Waals surface area contributed by atoms with E-state index in [1.807, 2.05) is 6.07 Å². The molecule has 1 aromatic rings. The van der Waals surface area contributed by atoms with Crippen molar-refractivity contribution in [3.63, 3.8) is 0 Å². The van der Waals surface area contributed by atoms with Crippen molar-refractivity contribution in [2.24, 2.45) is 5.73 Å². The summed E-state index contributed by atoms with van der Waals surface area (Å²) in [7, 11) is 0. The molecule has 0 saturated carbocycles. The molecule has 1 fully saturated rings. The smallest absolute Gasteiger partial charge is 0.0555 e. The van der Waals surface area contributed by atoms with Gasteiger partial charge in [0.05, 0.1) is 6.54 Å². The van der Waals surface area contributed by atoms with Gasteiger partial charge in [0.15, 0.2) is 0 Å². The molecule has 1 aliphatic rings. The average molecular weight is 260 g/mol. The second-order valence-corrected chi connectivity index (χ2v) is 5.67. The number of rotatable bonds is 2. The summed E-state index contributed by atoms with van der Waals surface area (Å²) in [6, 6.07) is 8.50. The SMILES string of the molecule is NCC#Cc1cccc(CN2CCCSCC2)c1. The van der Waals surface area contributed by atoms with Crippen molar-refractivity contribution < 1.29 is 0 Å². The van der Waals surface area contributed by atoms with Gasteiger partial charge in [-0.2, -0.15) is 11.8 Å². The second-order valence-electron chi connectivity index (χ2n) is 4.45. The summed E-state index contributed by atoms with van der Waals surface area (Å²) in [5.74, 6) is 8.56. The molecular formula is C15H20N2S. The summed E-state index contributed by atoms with van der Waals surface area (Å²) in [6.07, 6.45) is 1.30. The zero-order valence-corrected chi connectivity index (χ0v) is 11.5. The molecule has 0 unspecified atom stereocenters. The van der Waals surface area contributed by atoms with Gasteiger partial charge in [0.25, 0.3) is 0 Å². The Hall–Kier alpha value is -0.950. The van der Waals surface area contributed by atoms with Crippen LogP contribution in [-0.2, 0) is 6.54 Å². The fourth-order valence-corrected chi connectivity index (χ4v) is 3.04. The molecule has 0 atom stereocenters. The first-order valence-corrected chi connectivity index (χ1v) is 7.62. The number of thioether (sulfide) groups is 1. The van der Waals surface area contributed by atoms with E-state index in [2.05, 4.69) is 46.7 Å². The van der Waals surface area contributed by atoms with Crippen LogP contribution in [0, 0.1) is 11.8 Å². The van der Waals surface area contributed by atoms with Crippen molar-refractivity contribution in [2.75, 3.05) is 31.1 Å². The molecule has 2 N–H and O–H groups in total. The monoisotopic (exact) mass is 260 g/mol. The van der Waals surface area contributed by atoms with Gasteiger partial charge in [-0.1, -0.05) is 24.0 Å². The molecule has 0 amide bonds. The summed E-state index contributed by atoms with van der Waals surface area (Å²) in [4.78, 5) is 2.54. The van der Waals surface area contributed by atoms with Crippen molar-refractivity contribution in [3.8, 4) is 11.8 Å². The summed E-state index contributed by atoms with van der Waals surface area (Å²) in [6.45, 7) is 3.88. The lowest BCUT2D eigenvalue weighted by Gasteiger charge is -2.19. The van der Waals surface area contributed by atoms with Crippen LogP contribution < -0.4 is 5.73 Å². The lowest BCUT2D eigenvalue weighted by Crippen LogP contribution is -2.25. The highest BCUT2D eigenvalue weighted by molar-refractivity contribution is 7.99. The van der Waals surface area contributed by atoms with E-state index in [1.165, 1.54) is 36.6 Å². The van der Waals surface area contributed by atoms with Crippen molar-refractivity contribution in [3.05, 3.63) is 35.4 Å². The first-order chi connectivity index (χ1) is 8.88. The molecule has 2 rings (SSSR count). The average Bonchev–Trinajstić information content (AvgIpc) is 2.65. The third kappa shape index (κ3) is 4.38. The van der Waals surface area contributed by atoms with E-state index in [0.717, 1.165) is 12.1 Å². The van der Waals surface area contributed by atoms with E-state index >= 15 is 0 Å². The normalized spacial score (nSPS) is 16.7. The fraction of sp³-hybridized carbons (Fsp3) is 0.467. The zero-order valence-electron chi connectivity index (χ0n) is 10.7.